The van der Waals surface area contributed by atoms with Gasteiger partial charge in [0.05, 0.1) is 17.5 Å². The summed E-state index contributed by atoms with van der Waals surface area (Å²) >= 11 is 0. The Kier molecular flexibility index (Phi) is 3.27. The Bertz CT molecular complexity index is 822. The zero-order valence-corrected chi connectivity index (χ0v) is 11.6. The van der Waals surface area contributed by atoms with E-state index in [9.17, 15) is 0 Å². The van der Waals surface area contributed by atoms with E-state index < -0.39 is 0 Å². The molecule has 0 aliphatic rings. The van der Waals surface area contributed by atoms with Crippen molar-refractivity contribution >= 4 is 16.9 Å². The van der Waals surface area contributed by atoms with Crippen molar-refractivity contribution in [3.05, 3.63) is 54.0 Å². The molecule has 0 amide bonds. The van der Waals surface area contributed by atoms with Gasteiger partial charge in [-0.05, 0) is 31.2 Å². The monoisotopic (exact) mass is 281 g/mol. The number of nitrogens with zero attached hydrogens (tertiary/aromatic N) is 4. The number of oxime groups is 1. The van der Waals surface area contributed by atoms with Gasteiger partial charge in [0.15, 0.2) is 0 Å². The normalized spacial score (nSPS) is 12.0. The number of hydrogen-bond acceptors (Lipinski definition) is 4. The Morgan fingerprint density at radius 3 is 2.76 bits per heavy atom. The highest BCUT2D eigenvalue weighted by Crippen LogP contribution is 2.20. The Balaban J connectivity index is 2.25. The molecule has 0 bridgehead atoms. The molecule has 2 heterocycles. The van der Waals surface area contributed by atoms with Crippen LogP contribution >= 0.6 is 0 Å². The van der Waals surface area contributed by atoms with Crippen LogP contribution in [0.25, 0.3) is 16.9 Å². The van der Waals surface area contributed by atoms with Crippen LogP contribution in [0.5, 0.6) is 0 Å². The topological polar surface area (TPSA) is 89.3 Å². The Morgan fingerprint density at radius 2 is 2.00 bits per heavy atom. The van der Waals surface area contributed by atoms with Gasteiger partial charge in [-0.2, -0.15) is 0 Å². The second kappa shape index (κ2) is 5.24. The van der Waals surface area contributed by atoms with E-state index in [-0.39, 0.29) is 12.3 Å². The van der Waals surface area contributed by atoms with E-state index in [0.717, 1.165) is 22.5 Å². The number of rotatable bonds is 3. The highest BCUT2D eigenvalue weighted by atomic mass is 16.4. The molecule has 0 unspecified atom stereocenters. The van der Waals surface area contributed by atoms with Crippen LogP contribution in [0.4, 0.5) is 0 Å². The summed E-state index contributed by atoms with van der Waals surface area (Å²) in [6.45, 7) is 1.94. The lowest BCUT2D eigenvalue weighted by Gasteiger charge is -2.08. The fourth-order valence-corrected chi connectivity index (χ4v) is 2.30. The lowest BCUT2D eigenvalue weighted by Crippen LogP contribution is -2.18. The van der Waals surface area contributed by atoms with Crippen LogP contribution in [0.1, 0.15) is 11.5 Å². The van der Waals surface area contributed by atoms with Crippen molar-refractivity contribution in [2.45, 2.75) is 13.3 Å². The number of nitrogens with two attached hydrogens (primary N) is 1. The molecule has 3 aromatic rings. The van der Waals surface area contributed by atoms with Gasteiger partial charge in [0.2, 0.25) is 0 Å². The fourth-order valence-electron chi connectivity index (χ4n) is 2.30. The zero-order valence-electron chi connectivity index (χ0n) is 11.6. The van der Waals surface area contributed by atoms with Crippen LogP contribution in [0.2, 0.25) is 0 Å². The molecule has 0 saturated carbocycles. The van der Waals surface area contributed by atoms with Gasteiger partial charge in [-0.15, -0.1) is 0 Å². The van der Waals surface area contributed by atoms with Crippen molar-refractivity contribution in [2.75, 3.05) is 0 Å². The van der Waals surface area contributed by atoms with Gasteiger partial charge in [0, 0.05) is 5.69 Å². The quantitative estimate of drug-likeness (QED) is 0.332. The lowest BCUT2D eigenvalue weighted by atomic mass is 10.3. The minimum absolute atomic E-state index is 0.110. The summed E-state index contributed by atoms with van der Waals surface area (Å²) in [6.07, 6.45) is 0.251. The Morgan fingerprint density at radius 1 is 1.19 bits per heavy atom. The summed E-state index contributed by atoms with van der Waals surface area (Å²) < 4.78 is 1.93. The van der Waals surface area contributed by atoms with Gasteiger partial charge < -0.3 is 10.9 Å². The molecule has 1 aromatic carbocycles. The molecule has 6 heteroatoms. The van der Waals surface area contributed by atoms with Crippen LogP contribution in [-0.2, 0) is 6.42 Å². The third kappa shape index (κ3) is 2.43. The maximum atomic E-state index is 8.79. The summed E-state index contributed by atoms with van der Waals surface area (Å²) in [5, 5.41) is 11.8. The Labute approximate surface area is 121 Å². The van der Waals surface area contributed by atoms with Gasteiger partial charge in [-0.1, -0.05) is 23.4 Å². The van der Waals surface area contributed by atoms with E-state index in [1.807, 2.05) is 54.0 Å². The molecule has 0 aliphatic carbocycles. The third-order valence-corrected chi connectivity index (χ3v) is 3.20. The number of amidine groups is 1. The second-order valence-electron chi connectivity index (χ2n) is 4.76. The van der Waals surface area contributed by atoms with Gasteiger partial charge in [0.25, 0.3) is 0 Å². The largest absolute Gasteiger partial charge is 0.409 e. The first-order valence-electron chi connectivity index (χ1n) is 6.56. The van der Waals surface area contributed by atoms with Crippen LogP contribution < -0.4 is 5.73 Å². The van der Waals surface area contributed by atoms with Gasteiger partial charge >= 0.3 is 0 Å². The lowest BCUT2D eigenvalue weighted by molar-refractivity contribution is 0.317. The van der Waals surface area contributed by atoms with Crippen LogP contribution in [0.3, 0.4) is 0 Å². The predicted molar refractivity (Wildman–Crippen MR) is 80.7 cm³/mol. The number of fused-ring (bicyclic) bond motifs is 1. The Hall–Kier alpha value is -2.89. The van der Waals surface area contributed by atoms with Crippen molar-refractivity contribution in [1.82, 2.24) is 14.5 Å². The average molecular weight is 281 g/mol. The molecule has 0 radical (unpaired) electrons. The molecule has 2 aromatic heterocycles. The molecule has 0 fully saturated rings. The highest BCUT2D eigenvalue weighted by molar-refractivity contribution is 5.84. The molecule has 3 N–H and O–H groups in total. The van der Waals surface area contributed by atoms with Gasteiger partial charge in [-0.25, -0.2) is 9.97 Å². The number of aryl methyl sites for hydroxylation is 1. The molecule has 6 nitrogen and oxygen atoms in total. The number of benzene rings is 1. The minimum Gasteiger partial charge on any atom is -0.409 e. The molecule has 21 heavy (non-hydrogen) atoms. The van der Waals surface area contributed by atoms with Crippen LogP contribution in [-0.4, -0.2) is 25.6 Å². The smallest absolute Gasteiger partial charge is 0.146 e. The minimum atomic E-state index is 0.110. The van der Waals surface area contributed by atoms with E-state index >= 15 is 0 Å². The van der Waals surface area contributed by atoms with Crippen LogP contribution in [0, 0.1) is 6.92 Å². The molecule has 106 valence electrons. The van der Waals surface area contributed by atoms with Crippen molar-refractivity contribution < 1.29 is 5.21 Å². The van der Waals surface area contributed by atoms with Gasteiger partial charge in [0.1, 0.15) is 17.5 Å². The van der Waals surface area contributed by atoms with Crippen molar-refractivity contribution in [2.24, 2.45) is 10.9 Å². The van der Waals surface area contributed by atoms with Gasteiger partial charge in [-0.3, -0.25) is 4.57 Å². The standard InChI is InChI=1S/C15H15N5O/c1-10-5-4-8-14(17-10)20-12-7-3-2-6-11(12)18-15(20)9-13(16)19-21/h2-8,21H,9H2,1H3,(H2,16,19). The van der Waals surface area contributed by atoms with E-state index in [0.29, 0.717) is 5.82 Å². The second-order valence-corrected chi connectivity index (χ2v) is 4.76. The van der Waals surface area contributed by atoms with Crippen LogP contribution in [0.15, 0.2) is 47.6 Å². The number of imidazole rings is 1. The summed E-state index contributed by atoms with van der Waals surface area (Å²) in [5.41, 5.74) is 8.34. The molecular formula is C15H15N5O. The van der Waals surface area contributed by atoms with E-state index in [2.05, 4.69) is 15.1 Å². The molecule has 0 saturated heterocycles. The molecule has 3 rings (SSSR count). The summed E-state index contributed by atoms with van der Waals surface area (Å²) in [6, 6.07) is 13.6. The van der Waals surface area contributed by atoms with Crippen molar-refractivity contribution in [3.63, 3.8) is 0 Å². The predicted octanol–water partition coefficient (Wildman–Crippen LogP) is 2.02. The molecular weight excluding hydrogens is 266 g/mol. The first-order chi connectivity index (χ1) is 10.2. The number of para-hydroxylation sites is 2. The van der Waals surface area contributed by atoms with E-state index in [4.69, 9.17) is 10.9 Å². The highest BCUT2D eigenvalue weighted by Gasteiger charge is 2.14. The van der Waals surface area contributed by atoms with Crippen molar-refractivity contribution in [3.8, 4) is 5.82 Å². The first-order valence-corrected chi connectivity index (χ1v) is 6.56. The molecule has 0 atom stereocenters. The number of hydrogen-bond donors (Lipinski definition) is 2. The number of aromatic nitrogens is 3. The summed E-state index contributed by atoms with van der Waals surface area (Å²) in [4.78, 5) is 9.10. The molecule has 0 aliphatic heterocycles. The summed E-state index contributed by atoms with van der Waals surface area (Å²) in [7, 11) is 0. The molecule has 0 spiro atoms. The number of pyridine rings is 1. The zero-order chi connectivity index (χ0) is 14.8. The average Bonchev–Trinajstić information content (AvgIpc) is 2.84. The SMILES string of the molecule is Cc1cccc(-n2c(CC(N)=NO)nc3ccccc32)n1. The van der Waals surface area contributed by atoms with Crippen molar-refractivity contribution in [1.29, 1.82) is 0 Å². The fraction of sp³-hybridized carbons (Fsp3) is 0.133. The summed E-state index contributed by atoms with van der Waals surface area (Å²) in [5.74, 6) is 1.56. The van der Waals surface area contributed by atoms with E-state index in [1.54, 1.807) is 0 Å². The first kappa shape index (κ1) is 13.1. The maximum absolute atomic E-state index is 8.79. The third-order valence-electron chi connectivity index (χ3n) is 3.20. The maximum Gasteiger partial charge on any atom is 0.146 e. The van der Waals surface area contributed by atoms with E-state index in [1.165, 1.54) is 0 Å².